The minimum atomic E-state index is -1.79. The van der Waals surface area contributed by atoms with E-state index < -0.39 is 59.6 Å². The molecule has 220 valence electrons. The fourth-order valence-electron chi connectivity index (χ4n) is 7.29. The second-order valence-electron chi connectivity index (χ2n) is 11.3. The first-order valence-electron chi connectivity index (χ1n) is 13.9. The minimum absolute atomic E-state index is 0.0359. The third kappa shape index (κ3) is 4.22. The van der Waals surface area contributed by atoms with Crippen molar-refractivity contribution in [3.05, 3.63) is 71.0 Å². The molecule has 2 bridgehead atoms. The highest BCUT2D eigenvalue weighted by atomic mass is 16.6. The lowest BCUT2D eigenvalue weighted by Crippen LogP contribution is -2.67. The van der Waals surface area contributed by atoms with Gasteiger partial charge in [-0.15, -0.1) is 0 Å². The van der Waals surface area contributed by atoms with E-state index in [4.69, 9.17) is 14.2 Å². The van der Waals surface area contributed by atoms with Crippen molar-refractivity contribution in [2.75, 3.05) is 0 Å². The molecule has 11 heteroatoms. The largest absolute Gasteiger partial charge is 0.504 e. The van der Waals surface area contributed by atoms with Gasteiger partial charge in [-0.05, 0) is 49.3 Å². The molecule has 0 amide bonds. The van der Waals surface area contributed by atoms with E-state index in [-0.39, 0.29) is 35.2 Å². The van der Waals surface area contributed by atoms with Gasteiger partial charge in [0.15, 0.2) is 17.6 Å². The number of esters is 3. The summed E-state index contributed by atoms with van der Waals surface area (Å²) in [7, 11) is 0. The monoisotopic (exact) mass is 578 g/mol. The fourth-order valence-corrected chi connectivity index (χ4v) is 7.29. The molecule has 0 aromatic heterocycles. The number of carbonyl (C=O) groups excluding carboxylic acids is 3. The summed E-state index contributed by atoms with van der Waals surface area (Å²) in [5, 5.41) is 32.2. The van der Waals surface area contributed by atoms with Crippen molar-refractivity contribution in [2.45, 2.75) is 74.8 Å². The standard InChI is InChI=1S/C31H30O11/c1-16(32)39-22(28(35)36)15-23(34)41-25(17-6-3-2-4-7-17)29(37)40-21-11-13-31(38)19-8-5-12-30(31)24-18(14-19)9-10-20(33)26(24)42-27(21)30/h2-4,6-7,9-11,19,22,25,27,33,38H,5,8,12-15H2,1H3,(H,35,36)/t19-,22+,25+,27+,30+,31-/m1/s1. The molecule has 0 saturated heterocycles. The Morgan fingerprint density at radius 3 is 2.57 bits per heavy atom. The maximum Gasteiger partial charge on any atom is 0.357 e. The Balaban J connectivity index is 1.30. The number of carboxylic acid groups (broad SMARTS) is 1. The first kappa shape index (κ1) is 27.8. The molecule has 11 nitrogen and oxygen atoms in total. The Labute approximate surface area is 240 Å². The van der Waals surface area contributed by atoms with Crippen molar-refractivity contribution in [1.29, 1.82) is 0 Å². The minimum Gasteiger partial charge on any atom is -0.504 e. The van der Waals surface area contributed by atoms with Crippen molar-refractivity contribution in [2.24, 2.45) is 5.92 Å². The van der Waals surface area contributed by atoms with Gasteiger partial charge in [-0.3, -0.25) is 9.59 Å². The Morgan fingerprint density at radius 1 is 1.10 bits per heavy atom. The van der Waals surface area contributed by atoms with Crippen LogP contribution >= 0.6 is 0 Å². The van der Waals surface area contributed by atoms with E-state index >= 15 is 0 Å². The average Bonchev–Trinajstić information content (AvgIpc) is 3.30. The summed E-state index contributed by atoms with van der Waals surface area (Å²) in [4.78, 5) is 49.2. The van der Waals surface area contributed by atoms with Crippen molar-refractivity contribution in [3.63, 3.8) is 0 Å². The molecule has 3 aliphatic carbocycles. The number of benzene rings is 2. The molecule has 4 aliphatic rings. The highest BCUT2D eigenvalue weighted by molar-refractivity contribution is 5.85. The second-order valence-corrected chi connectivity index (χ2v) is 11.3. The third-order valence-electron chi connectivity index (χ3n) is 8.98. The molecule has 6 atom stereocenters. The van der Waals surface area contributed by atoms with Gasteiger partial charge in [0.05, 0.1) is 17.4 Å². The van der Waals surface area contributed by atoms with E-state index in [2.05, 4.69) is 4.74 Å². The lowest BCUT2D eigenvalue weighted by atomic mass is 9.47. The molecular formula is C31H30O11. The van der Waals surface area contributed by atoms with Crippen LogP contribution in [0.2, 0.25) is 0 Å². The summed E-state index contributed by atoms with van der Waals surface area (Å²) < 4.78 is 22.3. The summed E-state index contributed by atoms with van der Waals surface area (Å²) in [5.41, 5.74) is -0.0779. The van der Waals surface area contributed by atoms with Gasteiger partial charge < -0.3 is 34.3 Å². The zero-order chi connectivity index (χ0) is 29.8. The lowest BCUT2D eigenvalue weighted by Gasteiger charge is -2.59. The van der Waals surface area contributed by atoms with E-state index in [1.165, 1.54) is 0 Å². The first-order valence-corrected chi connectivity index (χ1v) is 13.9. The zero-order valence-electron chi connectivity index (χ0n) is 22.8. The number of carbonyl (C=O) groups is 4. The number of hydrogen-bond donors (Lipinski definition) is 3. The van der Waals surface area contributed by atoms with Gasteiger partial charge in [-0.25, -0.2) is 9.59 Å². The summed E-state index contributed by atoms with van der Waals surface area (Å²) in [6.07, 6.45) is -0.414. The van der Waals surface area contributed by atoms with Crippen molar-refractivity contribution < 1.29 is 53.4 Å². The first-order chi connectivity index (χ1) is 20.0. The quantitative estimate of drug-likeness (QED) is 0.311. The van der Waals surface area contributed by atoms with Crippen molar-refractivity contribution in [1.82, 2.24) is 0 Å². The Bertz CT molecular complexity index is 1500. The maximum absolute atomic E-state index is 13.7. The third-order valence-corrected chi connectivity index (χ3v) is 8.98. The molecule has 0 radical (unpaired) electrons. The van der Waals surface area contributed by atoms with Gasteiger partial charge in [-0.2, -0.15) is 0 Å². The predicted molar refractivity (Wildman–Crippen MR) is 142 cm³/mol. The normalized spacial score (nSPS) is 27.8. The van der Waals surface area contributed by atoms with Crippen LogP contribution < -0.4 is 4.74 Å². The zero-order valence-corrected chi connectivity index (χ0v) is 22.8. The van der Waals surface area contributed by atoms with E-state index in [0.29, 0.717) is 12.8 Å². The lowest BCUT2D eigenvalue weighted by molar-refractivity contribution is -0.176. The van der Waals surface area contributed by atoms with E-state index in [0.717, 1.165) is 30.9 Å². The highest BCUT2D eigenvalue weighted by Gasteiger charge is 2.71. The summed E-state index contributed by atoms with van der Waals surface area (Å²) in [6, 6.07) is 11.5. The predicted octanol–water partition coefficient (Wildman–Crippen LogP) is 3.00. The molecule has 42 heavy (non-hydrogen) atoms. The molecule has 1 spiro atoms. The Hall–Kier alpha value is -4.38. The van der Waals surface area contributed by atoms with Crippen LogP contribution in [0, 0.1) is 5.92 Å². The van der Waals surface area contributed by atoms with Crippen LogP contribution in [0.1, 0.15) is 61.8 Å². The number of ether oxygens (including phenoxy) is 4. The molecule has 3 N–H and O–H groups in total. The van der Waals surface area contributed by atoms with Gasteiger partial charge in [0.1, 0.15) is 5.76 Å². The molecule has 2 aromatic carbocycles. The smallest absolute Gasteiger partial charge is 0.357 e. The van der Waals surface area contributed by atoms with E-state index in [1.807, 2.05) is 6.07 Å². The van der Waals surface area contributed by atoms with Crippen LogP contribution in [0.5, 0.6) is 11.5 Å². The fraction of sp³-hybridized carbons (Fsp3) is 0.419. The van der Waals surface area contributed by atoms with Crippen LogP contribution in [-0.4, -0.2) is 57.0 Å². The van der Waals surface area contributed by atoms with E-state index in [1.54, 1.807) is 42.5 Å². The average molecular weight is 579 g/mol. The van der Waals surface area contributed by atoms with Crippen LogP contribution in [0.3, 0.4) is 0 Å². The second kappa shape index (κ2) is 10.2. The molecule has 1 heterocycles. The van der Waals surface area contributed by atoms with Gasteiger partial charge in [0, 0.05) is 18.1 Å². The molecule has 1 fully saturated rings. The van der Waals surface area contributed by atoms with Crippen molar-refractivity contribution >= 4 is 23.9 Å². The number of phenolic OH excluding ortho intramolecular Hbond substituents is 1. The molecular weight excluding hydrogens is 548 g/mol. The van der Waals surface area contributed by atoms with Crippen molar-refractivity contribution in [3.8, 4) is 11.5 Å². The van der Waals surface area contributed by atoms with Gasteiger partial charge in [0.25, 0.3) is 0 Å². The summed E-state index contributed by atoms with van der Waals surface area (Å²) in [6.45, 7) is 1.01. The molecule has 1 saturated carbocycles. The van der Waals surface area contributed by atoms with Crippen LogP contribution in [0.4, 0.5) is 0 Å². The van der Waals surface area contributed by atoms with Gasteiger partial charge in [0.2, 0.25) is 12.2 Å². The van der Waals surface area contributed by atoms with E-state index in [9.17, 15) is 34.5 Å². The number of carboxylic acids is 1. The molecule has 2 aromatic rings. The SMILES string of the molecule is CC(=O)O[C@@H](CC(=O)O[C@H](C(=O)OC1=CC[C@@]2(O)[C@@H]3CCC[C@@]24c2c(ccc(O)c2O[C@@H]14)C3)c1ccccc1)C(=O)O. The van der Waals surface area contributed by atoms with Crippen LogP contribution in [0.15, 0.2) is 54.3 Å². The topological polar surface area (TPSA) is 166 Å². The van der Waals surface area contributed by atoms with Crippen LogP contribution in [-0.2, 0) is 45.2 Å². The highest BCUT2D eigenvalue weighted by Crippen LogP contribution is 2.67. The Morgan fingerprint density at radius 2 is 1.86 bits per heavy atom. The van der Waals surface area contributed by atoms with Crippen LogP contribution in [0.25, 0.3) is 0 Å². The summed E-state index contributed by atoms with van der Waals surface area (Å²) >= 11 is 0. The van der Waals surface area contributed by atoms with Gasteiger partial charge in [-0.1, -0.05) is 42.8 Å². The Kier molecular flexibility index (Phi) is 6.72. The molecule has 0 unspecified atom stereocenters. The maximum atomic E-state index is 13.7. The number of aliphatic carboxylic acids is 1. The van der Waals surface area contributed by atoms with Gasteiger partial charge >= 0.3 is 23.9 Å². The number of phenols is 1. The summed E-state index contributed by atoms with van der Waals surface area (Å²) in [5.74, 6) is -4.19. The molecule has 6 rings (SSSR count). The number of aromatic hydroxyl groups is 1. The number of rotatable bonds is 8. The number of aliphatic hydroxyl groups is 1. The molecule has 1 aliphatic heterocycles. The number of hydrogen-bond acceptors (Lipinski definition) is 10.